The van der Waals surface area contributed by atoms with Crippen LogP contribution in [0, 0.1) is 24.0 Å². The summed E-state index contributed by atoms with van der Waals surface area (Å²) in [6.07, 6.45) is 0.163. The fraction of sp³-hybridized carbons (Fsp3) is 0.263. The maximum Gasteiger partial charge on any atom is 0.307 e. The smallest absolute Gasteiger partial charge is 0.307 e. The van der Waals surface area contributed by atoms with Gasteiger partial charge >= 0.3 is 5.97 Å². The van der Waals surface area contributed by atoms with Gasteiger partial charge in [0, 0.05) is 16.7 Å². The minimum absolute atomic E-state index is 0.0637. The summed E-state index contributed by atoms with van der Waals surface area (Å²) in [7, 11) is 0. The Morgan fingerprint density at radius 1 is 1.15 bits per heavy atom. The zero-order valence-electron chi connectivity index (χ0n) is 15.1. The number of thioether (sulfide) groups is 1. The number of amides is 1. The van der Waals surface area contributed by atoms with Crippen LogP contribution in [0.25, 0.3) is 0 Å². The molecule has 1 amide bonds. The summed E-state index contributed by atoms with van der Waals surface area (Å²) in [6, 6.07) is 11.9. The number of nitrogens with one attached hydrogen (secondary N) is 1. The summed E-state index contributed by atoms with van der Waals surface area (Å²) in [5.41, 5.74) is 2.24. The zero-order chi connectivity index (χ0) is 19.8. The van der Waals surface area contributed by atoms with Crippen molar-refractivity contribution in [1.82, 2.24) is 0 Å². The van der Waals surface area contributed by atoms with Gasteiger partial charge in [-0.15, -0.1) is 11.8 Å². The molecule has 0 aliphatic heterocycles. The van der Waals surface area contributed by atoms with Crippen molar-refractivity contribution in [3.05, 3.63) is 63.7 Å². The third kappa shape index (κ3) is 6.41. The van der Waals surface area contributed by atoms with Gasteiger partial charge in [-0.1, -0.05) is 18.2 Å². The molecule has 0 saturated carbocycles. The molecule has 8 heteroatoms. The third-order valence-electron chi connectivity index (χ3n) is 3.79. The largest absolute Gasteiger partial charge is 0.456 e. The van der Waals surface area contributed by atoms with Crippen LogP contribution in [-0.4, -0.2) is 29.2 Å². The monoisotopic (exact) mass is 388 g/mol. The quantitative estimate of drug-likeness (QED) is 0.319. The maximum absolute atomic E-state index is 11.8. The number of para-hydroxylation sites is 2. The fourth-order valence-electron chi connectivity index (χ4n) is 2.20. The Morgan fingerprint density at radius 3 is 2.59 bits per heavy atom. The molecule has 7 nitrogen and oxygen atoms in total. The van der Waals surface area contributed by atoms with Crippen LogP contribution in [0.5, 0.6) is 0 Å². The van der Waals surface area contributed by atoms with E-state index in [1.165, 1.54) is 41.1 Å². The molecule has 1 N–H and O–H groups in total. The second kappa shape index (κ2) is 9.72. The van der Waals surface area contributed by atoms with Gasteiger partial charge < -0.3 is 10.1 Å². The van der Waals surface area contributed by atoms with E-state index in [4.69, 9.17) is 4.74 Å². The average molecular weight is 388 g/mol. The molecule has 0 spiro atoms. The number of hydrogen-bond acceptors (Lipinski definition) is 6. The number of esters is 1. The van der Waals surface area contributed by atoms with Crippen molar-refractivity contribution >= 4 is 35.0 Å². The molecule has 0 aliphatic carbocycles. The second-order valence-corrected chi connectivity index (χ2v) is 7.00. The van der Waals surface area contributed by atoms with Crippen molar-refractivity contribution in [3.63, 3.8) is 0 Å². The Bertz CT molecular complexity index is 854. The maximum atomic E-state index is 11.8. The SMILES string of the molecule is Cc1ccc(SCCC(=O)OCC(=O)Nc2ccccc2[N+](=O)[O-])cc1C. The van der Waals surface area contributed by atoms with Gasteiger partial charge in [-0.3, -0.25) is 19.7 Å². The summed E-state index contributed by atoms with van der Waals surface area (Å²) in [5.74, 6) is -0.587. The lowest BCUT2D eigenvalue weighted by molar-refractivity contribution is -0.383. The molecule has 2 aromatic rings. The van der Waals surface area contributed by atoms with Crippen LogP contribution in [0.1, 0.15) is 17.5 Å². The van der Waals surface area contributed by atoms with Crippen molar-refractivity contribution in [2.45, 2.75) is 25.2 Å². The van der Waals surface area contributed by atoms with Crippen LogP contribution in [0.15, 0.2) is 47.4 Å². The average Bonchev–Trinajstić information content (AvgIpc) is 2.63. The highest BCUT2D eigenvalue weighted by Crippen LogP contribution is 2.23. The molecule has 0 aliphatic rings. The number of carbonyl (C=O) groups is 2. The molecular weight excluding hydrogens is 368 g/mol. The molecule has 142 valence electrons. The molecule has 27 heavy (non-hydrogen) atoms. The summed E-state index contributed by atoms with van der Waals surface area (Å²) < 4.78 is 4.92. The van der Waals surface area contributed by atoms with E-state index in [1.807, 2.05) is 26.0 Å². The molecule has 0 saturated heterocycles. The first-order valence-electron chi connectivity index (χ1n) is 8.26. The standard InChI is InChI=1S/C19H20N2O5S/c1-13-7-8-15(11-14(13)2)27-10-9-19(23)26-12-18(22)20-16-5-3-4-6-17(16)21(24)25/h3-8,11H,9-10,12H2,1-2H3,(H,20,22). The molecule has 0 heterocycles. The molecule has 0 bridgehead atoms. The molecular formula is C19H20N2O5S. The molecule has 2 rings (SSSR count). The van der Waals surface area contributed by atoms with Crippen molar-refractivity contribution in [2.24, 2.45) is 0 Å². The number of nitrogens with zero attached hydrogens (tertiary/aromatic N) is 1. The van der Waals surface area contributed by atoms with Gasteiger partial charge in [0.15, 0.2) is 6.61 Å². The van der Waals surface area contributed by atoms with E-state index in [1.54, 1.807) is 6.07 Å². The lowest BCUT2D eigenvalue weighted by atomic mass is 10.1. The Hall–Kier alpha value is -2.87. The van der Waals surface area contributed by atoms with E-state index in [9.17, 15) is 19.7 Å². The molecule has 0 radical (unpaired) electrons. The summed E-state index contributed by atoms with van der Waals surface area (Å²) in [6.45, 7) is 3.58. The number of hydrogen-bond donors (Lipinski definition) is 1. The topological polar surface area (TPSA) is 98.5 Å². The lowest BCUT2D eigenvalue weighted by Crippen LogP contribution is -2.21. The highest BCUT2D eigenvalue weighted by molar-refractivity contribution is 7.99. The summed E-state index contributed by atoms with van der Waals surface area (Å²) in [4.78, 5) is 35.0. The summed E-state index contributed by atoms with van der Waals surface area (Å²) >= 11 is 1.54. The number of anilines is 1. The van der Waals surface area contributed by atoms with E-state index in [2.05, 4.69) is 11.4 Å². The predicted octanol–water partition coefficient (Wildman–Crippen LogP) is 3.88. The van der Waals surface area contributed by atoms with Crippen LogP contribution in [0.2, 0.25) is 0 Å². The van der Waals surface area contributed by atoms with E-state index in [0.717, 1.165) is 4.90 Å². The molecule has 0 unspecified atom stereocenters. The highest BCUT2D eigenvalue weighted by Gasteiger charge is 2.15. The van der Waals surface area contributed by atoms with Crippen molar-refractivity contribution in [3.8, 4) is 0 Å². The van der Waals surface area contributed by atoms with Gasteiger partial charge in [0.2, 0.25) is 0 Å². The zero-order valence-corrected chi connectivity index (χ0v) is 15.9. The molecule has 0 aromatic heterocycles. The van der Waals surface area contributed by atoms with Gasteiger partial charge in [0.05, 0.1) is 11.3 Å². The fourth-order valence-corrected chi connectivity index (χ4v) is 3.13. The third-order valence-corrected chi connectivity index (χ3v) is 4.79. The number of nitro groups is 1. The number of aryl methyl sites for hydroxylation is 2. The molecule has 0 atom stereocenters. The minimum atomic E-state index is -0.625. The number of rotatable bonds is 8. The van der Waals surface area contributed by atoms with Gasteiger partial charge in [0.1, 0.15) is 5.69 Å². The van der Waals surface area contributed by atoms with E-state index < -0.39 is 23.4 Å². The first-order valence-corrected chi connectivity index (χ1v) is 9.24. The van der Waals surface area contributed by atoms with Crippen LogP contribution in [-0.2, 0) is 14.3 Å². The van der Waals surface area contributed by atoms with Crippen molar-refractivity contribution < 1.29 is 19.2 Å². The Balaban J connectivity index is 1.74. The van der Waals surface area contributed by atoms with Gasteiger partial charge in [-0.2, -0.15) is 0 Å². The highest BCUT2D eigenvalue weighted by atomic mass is 32.2. The first-order chi connectivity index (χ1) is 12.9. The van der Waals surface area contributed by atoms with Crippen LogP contribution >= 0.6 is 11.8 Å². The summed E-state index contributed by atoms with van der Waals surface area (Å²) in [5, 5.41) is 13.3. The second-order valence-electron chi connectivity index (χ2n) is 5.83. The Morgan fingerprint density at radius 2 is 1.89 bits per heavy atom. The van der Waals surface area contributed by atoms with Gasteiger partial charge in [0.25, 0.3) is 11.6 Å². The predicted molar refractivity (Wildman–Crippen MR) is 104 cm³/mol. The van der Waals surface area contributed by atoms with E-state index in [-0.39, 0.29) is 17.8 Å². The Kier molecular flexibility index (Phi) is 7.36. The number of carbonyl (C=O) groups excluding carboxylic acids is 2. The number of ether oxygens (including phenoxy) is 1. The molecule has 2 aromatic carbocycles. The lowest BCUT2D eigenvalue weighted by Gasteiger charge is -2.07. The Labute approximate surface area is 161 Å². The van der Waals surface area contributed by atoms with E-state index in [0.29, 0.717) is 5.75 Å². The first kappa shape index (κ1) is 20.4. The molecule has 0 fully saturated rings. The van der Waals surface area contributed by atoms with Gasteiger partial charge in [-0.05, 0) is 43.2 Å². The van der Waals surface area contributed by atoms with Crippen LogP contribution in [0.3, 0.4) is 0 Å². The minimum Gasteiger partial charge on any atom is -0.456 e. The normalized spacial score (nSPS) is 10.3. The van der Waals surface area contributed by atoms with Crippen molar-refractivity contribution in [2.75, 3.05) is 17.7 Å². The van der Waals surface area contributed by atoms with E-state index >= 15 is 0 Å². The number of nitro benzene ring substituents is 1. The van der Waals surface area contributed by atoms with Crippen LogP contribution < -0.4 is 5.32 Å². The van der Waals surface area contributed by atoms with Crippen molar-refractivity contribution in [1.29, 1.82) is 0 Å². The van der Waals surface area contributed by atoms with Crippen LogP contribution in [0.4, 0.5) is 11.4 Å². The van der Waals surface area contributed by atoms with Gasteiger partial charge in [-0.25, -0.2) is 0 Å². The number of benzene rings is 2.